The molecule has 220 valence electrons. The molecule has 2 N–H and O–H groups in total. The average Bonchev–Trinajstić information content (AvgIpc) is 2.81. The van der Waals surface area contributed by atoms with Gasteiger partial charge in [0.2, 0.25) is 5.96 Å². The van der Waals surface area contributed by atoms with E-state index in [0.717, 1.165) is 11.1 Å². The minimum atomic E-state index is -1.52. The van der Waals surface area contributed by atoms with Gasteiger partial charge in [-0.05, 0) is 94.2 Å². The van der Waals surface area contributed by atoms with Crippen LogP contribution in [0.1, 0.15) is 59.1 Å². The predicted molar refractivity (Wildman–Crippen MR) is 158 cm³/mol. The molecule has 0 aliphatic heterocycles. The van der Waals surface area contributed by atoms with E-state index in [9.17, 15) is 13.8 Å². The normalized spacial score (nSPS) is 12.8. The van der Waals surface area contributed by atoms with Crippen LogP contribution in [0.5, 0.6) is 5.75 Å². The Balaban J connectivity index is 1.90. The molecule has 40 heavy (non-hydrogen) atoms. The number of rotatable bonds is 9. The summed E-state index contributed by atoms with van der Waals surface area (Å²) in [6, 6.07) is 12.8. The molecule has 1 atom stereocenters. The molecule has 0 saturated carbocycles. The number of ether oxygens (including phenoxy) is 3. The molecule has 0 spiro atoms. The van der Waals surface area contributed by atoms with Crippen LogP contribution in [0.25, 0.3) is 0 Å². The van der Waals surface area contributed by atoms with Crippen molar-refractivity contribution in [3.8, 4) is 5.75 Å². The number of benzene rings is 2. The highest BCUT2D eigenvalue weighted by molar-refractivity contribution is 9.10. The third kappa shape index (κ3) is 13.4. The van der Waals surface area contributed by atoms with Gasteiger partial charge in [0, 0.05) is 13.0 Å². The van der Waals surface area contributed by atoms with Crippen LogP contribution in [0, 0.1) is 6.92 Å². The second-order valence-electron chi connectivity index (χ2n) is 10.8. The van der Waals surface area contributed by atoms with Crippen molar-refractivity contribution >= 4 is 45.2 Å². The largest absolute Gasteiger partial charge is 0.492 e. The number of amides is 2. The highest BCUT2D eigenvalue weighted by Gasteiger charge is 2.20. The fraction of sp³-hybridized carbons (Fsp3) is 0.464. The van der Waals surface area contributed by atoms with Gasteiger partial charge in [-0.25, -0.2) is 13.8 Å². The Hall–Kier alpha value is -2.96. The molecule has 1 unspecified atom stereocenters. The number of halogens is 1. The fourth-order valence-corrected chi connectivity index (χ4v) is 4.24. The first-order chi connectivity index (χ1) is 18.6. The zero-order chi connectivity index (χ0) is 29.9. The van der Waals surface area contributed by atoms with Gasteiger partial charge in [0.05, 0.1) is 22.6 Å². The number of carbonyl (C=O) groups excluding carboxylic acids is 2. The molecule has 2 aromatic carbocycles. The van der Waals surface area contributed by atoms with E-state index in [4.69, 9.17) is 18.4 Å². The van der Waals surface area contributed by atoms with E-state index in [1.807, 2.05) is 31.2 Å². The Morgan fingerprint density at radius 2 is 1.60 bits per heavy atom. The van der Waals surface area contributed by atoms with E-state index in [-0.39, 0.29) is 19.1 Å². The summed E-state index contributed by atoms with van der Waals surface area (Å²) in [5, 5.41) is 5.39. The van der Waals surface area contributed by atoms with Crippen molar-refractivity contribution in [3.63, 3.8) is 0 Å². The first-order valence-electron chi connectivity index (χ1n) is 12.7. The lowest BCUT2D eigenvalue weighted by Crippen LogP contribution is -2.44. The van der Waals surface area contributed by atoms with Crippen LogP contribution in [0.3, 0.4) is 0 Å². The lowest BCUT2D eigenvalue weighted by atomic mass is 10.2. The van der Waals surface area contributed by atoms with Crippen molar-refractivity contribution in [1.29, 1.82) is 0 Å². The Morgan fingerprint density at radius 1 is 0.950 bits per heavy atom. The third-order valence-electron chi connectivity index (χ3n) is 4.62. The van der Waals surface area contributed by atoms with Crippen molar-refractivity contribution in [3.05, 3.63) is 58.1 Å². The minimum absolute atomic E-state index is 0.108. The lowest BCUT2D eigenvalue weighted by Gasteiger charge is -2.21. The van der Waals surface area contributed by atoms with Crippen molar-refractivity contribution in [2.45, 2.75) is 77.5 Å². The summed E-state index contributed by atoms with van der Waals surface area (Å²) in [5.41, 5.74) is 0.432. The summed E-state index contributed by atoms with van der Waals surface area (Å²) in [7, 11) is 0. The molecule has 2 aromatic rings. The van der Waals surface area contributed by atoms with Gasteiger partial charge in [-0.2, -0.15) is 0 Å². The molecule has 0 bridgehead atoms. The van der Waals surface area contributed by atoms with Gasteiger partial charge in [0.25, 0.3) is 0 Å². The molecule has 0 fully saturated rings. The zero-order valence-electron chi connectivity index (χ0n) is 24.0. The minimum Gasteiger partial charge on any atom is -0.492 e. The standard InChI is InChI=1S/C28H38BrN3O7S/c1-19-9-12-21(13-10-19)40(35)37-16-8-15-36-23-14-11-20(17-22(23)29)18-30-24(31-25(33)38-27(2,3)4)32-26(34)39-28(5,6)7/h9-14,17H,8,15-16,18H2,1-7H3,(H2,30,31,32,33,34). The van der Waals surface area contributed by atoms with Crippen molar-refractivity contribution < 1.29 is 32.2 Å². The van der Waals surface area contributed by atoms with E-state index in [1.54, 1.807) is 59.7 Å². The lowest BCUT2D eigenvalue weighted by molar-refractivity contribution is 0.0560. The summed E-state index contributed by atoms with van der Waals surface area (Å²) >= 11 is 1.99. The molecular weight excluding hydrogens is 602 g/mol. The Bertz CT molecular complexity index is 1210. The molecule has 0 aliphatic carbocycles. The van der Waals surface area contributed by atoms with E-state index in [1.165, 1.54) is 0 Å². The topological polar surface area (TPSA) is 125 Å². The number of nitrogens with one attached hydrogen (secondary N) is 2. The highest BCUT2D eigenvalue weighted by atomic mass is 79.9. The van der Waals surface area contributed by atoms with E-state index < -0.39 is 34.5 Å². The maximum absolute atomic E-state index is 12.3. The molecule has 2 rings (SSSR count). The van der Waals surface area contributed by atoms with Gasteiger partial charge in [-0.15, -0.1) is 4.99 Å². The van der Waals surface area contributed by atoms with Crippen LogP contribution in [0.4, 0.5) is 9.59 Å². The summed E-state index contributed by atoms with van der Waals surface area (Å²) in [5.74, 6) is 0.515. The molecule has 12 heteroatoms. The number of aliphatic imine (C=N–C) groups is 1. The number of nitrogens with zero attached hydrogens (tertiary/aromatic N) is 1. The SMILES string of the molecule is Cc1ccc(S(=O)OCCCOc2ccc(CNC(=NC(=O)OC(C)(C)C)NC(=O)OC(C)(C)C)cc2Br)cc1. The Kier molecular flexibility index (Phi) is 12.6. The maximum Gasteiger partial charge on any atom is 0.437 e. The number of hydrogen-bond acceptors (Lipinski definition) is 7. The van der Waals surface area contributed by atoms with E-state index in [0.29, 0.717) is 28.1 Å². The van der Waals surface area contributed by atoms with Crippen molar-refractivity contribution in [2.75, 3.05) is 13.2 Å². The molecule has 10 nitrogen and oxygen atoms in total. The van der Waals surface area contributed by atoms with Crippen LogP contribution in [0.15, 0.2) is 56.8 Å². The van der Waals surface area contributed by atoms with Gasteiger partial charge in [-0.1, -0.05) is 23.8 Å². The molecule has 0 heterocycles. The molecule has 0 radical (unpaired) electrons. The van der Waals surface area contributed by atoms with E-state index in [2.05, 4.69) is 31.6 Å². The Labute approximate surface area is 247 Å². The summed E-state index contributed by atoms with van der Waals surface area (Å²) in [6.07, 6.45) is -1.07. The summed E-state index contributed by atoms with van der Waals surface area (Å²) in [6.45, 7) is 13.2. The summed E-state index contributed by atoms with van der Waals surface area (Å²) in [4.78, 5) is 28.9. The third-order valence-corrected chi connectivity index (χ3v) is 6.28. The van der Waals surface area contributed by atoms with Crippen LogP contribution in [0.2, 0.25) is 0 Å². The van der Waals surface area contributed by atoms with Crippen LogP contribution in [-0.2, 0) is 31.3 Å². The fourth-order valence-electron chi connectivity index (χ4n) is 2.94. The second kappa shape index (κ2) is 15.2. The van der Waals surface area contributed by atoms with Gasteiger partial charge in [-0.3, -0.25) is 9.50 Å². The number of hydrogen-bond donors (Lipinski definition) is 2. The molecule has 0 aliphatic rings. The summed E-state index contributed by atoms with van der Waals surface area (Å²) < 4.78 is 34.6. The molecule has 0 aromatic heterocycles. The number of alkyl carbamates (subject to hydrolysis) is 1. The van der Waals surface area contributed by atoms with Crippen LogP contribution < -0.4 is 15.4 Å². The quantitative estimate of drug-likeness (QED) is 0.190. The Morgan fingerprint density at radius 3 is 2.20 bits per heavy atom. The average molecular weight is 641 g/mol. The zero-order valence-corrected chi connectivity index (χ0v) is 26.4. The van der Waals surface area contributed by atoms with Gasteiger partial charge in [0.15, 0.2) is 11.1 Å². The van der Waals surface area contributed by atoms with Gasteiger partial charge in [0.1, 0.15) is 17.0 Å². The predicted octanol–water partition coefficient (Wildman–Crippen LogP) is 6.17. The van der Waals surface area contributed by atoms with Gasteiger partial charge >= 0.3 is 12.2 Å². The monoisotopic (exact) mass is 639 g/mol. The van der Waals surface area contributed by atoms with Crippen LogP contribution in [-0.4, -0.2) is 46.8 Å². The first kappa shape index (κ1) is 33.2. The molecule has 2 amide bonds. The number of aryl methyl sites for hydroxylation is 1. The maximum atomic E-state index is 12.3. The molecular formula is C28H38BrN3O7S. The highest BCUT2D eigenvalue weighted by Crippen LogP contribution is 2.26. The van der Waals surface area contributed by atoms with Crippen molar-refractivity contribution in [1.82, 2.24) is 10.6 Å². The molecule has 0 saturated heterocycles. The smallest absolute Gasteiger partial charge is 0.437 e. The van der Waals surface area contributed by atoms with Crippen LogP contribution >= 0.6 is 15.9 Å². The first-order valence-corrected chi connectivity index (χ1v) is 14.6. The van der Waals surface area contributed by atoms with Gasteiger partial charge < -0.3 is 19.5 Å². The van der Waals surface area contributed by atoms with Crippen molar-refractivity contribution in [2.24, 2.45) is 4.99 Å². The number of carbonyl (C=O) groups is 2. The van der Waals surface area contributed by atoms with E-state index >= 15 is 0 Å². The second-order valence-corrected chi connectivity index (χ2v) is 12.8. The number of guanidine groups is 1.